The number of ether oxygens (including phenoxy) is 2. The summed E-state index contributed by atoms with van der Waals surface area (Å²) < 4.78 is 10.9. The Morgan fingerprint density at radius 1 is 1.10 bits per heavy atom. The summed E-state index contributed by atoms with van der Waals surface area (Å²) in [7, 11) is 0. The maximum absolute atomic E-state index is 13.6. The Morgan fingerprint density at radius 2 is 2.00 bits per heavy atom. The van der Waals surface area contributed by atoms with E-state index in [-0.39, 0.29) is 18.9 Å². The minimum atomic E-state index is -0.372. The van der Waals surface area contributed by atoms with Gasteiger partial charge in [-0.15, -0.1) is 11.3 Å². The maximum Gasteiger partial charge on any atom is 0.258 e. The second kappa shape index (κ2) is 7.17. The van der Waals surface area contributed by atoms with Gasteiger partial charge in [-0.1, -0.05) is 24.3 Å². The molecule has 154 valence electrons. The summed E-state index contributed by atoms with van der Waals surface area (Å²) in [4.78, 5) is 16.5. The molecule has 8 heteroatoms. The molecule has 0 aliphatic carbocycles. The number of aromatic nitrogens is 2. The van der Waals surface area contributed by atoms with Gasteiger partial charge in [0.15, 0.2) is 11.5 Å². The predicted molar refractivity (Wildman–Crippen MR) is 117 cm³/mol. The number of para-hydroxylation sites is 1. The van der Waals surface area contributed by atoms with Crippen molar-refractivity contribution in [2.45, 2.75) is 12.7 Å². The monoisotopic (exact) mass is 430 g/mol. The standard InChI is InChI=1S/C23H18N4O3S/c28-23-15-4-1-2-5-17(15)25-22(16-11-24-26-21(16)20-6-3-9-31-20)27(23)12-14-7-8-18-19(10-14)30-13-29-18/h1-11,22,25H,12-13H2,(H,24,26). The van der Waals surface area contributed by atoms with Crippen molar-refractivity contribution in [3.63, 3.8) is 0 Å². The SMILES string of the molecule is O=C1c2ccccc2NC(c2cn[nH]c2-c2cccs2)N1Cc1ccc2c(c1)OCO2. The largest absolute Gasteiger partial charge is 0.454 e. The number of hydrogen-bond donors (Lipinski definition) is 2. The van der Waals surface area contributed by atoms with Crippen LogP contribution in [-0.2, 0) is 6.54 Å². The Kier molecular flexibility index (Phi) is 4.17. The van der Waals surface area contributed by atoms with E-state index in [2.05, 4.69) is 15.5 Å². The highest BCUT2D eigenvalue weighted by Gasteiger charge is 2.35. The summed E-state index contributed by atoms with van der Waals surface area (Å²) in [5.74, 6) is 1.40. The molecule has 1 amide bonds. The van der Waals surface area contributed by atoms with Crippen molar-refractivity contribution in [1.29, 1.82) is 0 Å². The van der Waals surface area contributed by atoms with Crippen LogP contribution < -0.4 is 14.8 Å². The number of aromatic amines is 1. The molecule has 4 heterocycles. The smallest absolute Gasteiger partial charge is 0.258 e. The van der Waals surface area contributed by atoms with Crippen LogP contribution in [-0.4, -0.2) is 27.8 Å². The van der Waals surface area contributed by atoms with Gasteiger partial charge in [-0.05, 0) is 41.3 Å². The van der Waals surface area contributed by atoms with Crippen LogP contribution in [0.25, 0.3) is 10.6 Å². The summed E-state index contributed by atoms with van der Waals surface area (Å²) in [5.41, 5.74) is 4.27. The van der Waals surface area contributed by atoms with Gasteiger partial charge in [-0.2, -0.15) is 5.10 Å². The molecule has 1 atom stereocenters. The summed E-state index contributed by atoms with van der Waals surface area (Å²) >= 11 is 1.63. The lowest BCUT2D eigenvalue weighted by molar-refractivity contribution is 0.0667. The molecule has 0 spiro atoms. The number of thiophene rings is 1. The Morgan fingerprint density at radius 3 is 2.90 bits per heavy atom. The lowest BCUT2D eigenvalue weighted by Gasteiger charge is -2.38. The molecule has 2 aliphatic heterocycles. The zero-order chi connectivity index (χ0) is 20.8. The van der Waals surface area contributed by atoms with E-state index in [4.69, 9.17) is 9.47 Å². The zero-order valence-electron chi connectivity index (χ0n) is 16.4. The molecule has 31 heavy (non-hydrogen) atoms. The first-order valence-electron chi connectivity index (χ1n) is 9.90. The average Bonchev–Trinajstić information content (AvgIpc) is 3.56. The van der Waals surface area contributed by atoms with Crippen LogP contribution in [0.2, 0.25) is 0 Å². The van der Waals surface area contributed by atoms with Gasteiger partial charge in [0.05, 0.1) is 22.3 Å². The second-order valence-corrected chi connectivity index (χ2v) is 8.34. The van der Waals surface area contributed by atoms with Gasteiger partial charge >= 0.3 is 0 Å². The van der Waals surface area contributed by atoms with Crippen LogP contribution in [0, 0.1) is 0 Å². The number of anilines is 1. The maximum atomic E-state index is 13.6. The molecule has 0 fully saturated rings. The van der Waals surface area contributed by atoms with Crippen molar-refractivity contribution < 1.29 is 14.3 Å². The first-order chi connectivity index (χ1) is 15.3. The number of carbonyl (C=O) groups excluding carboxylic acids is 1. The minimum Gasteiger partial charge on any atom is -0.454 e. The van der Waals surface area contributed by atoms with Crippen LogP contribution in [0.15, 0.2) is 66.2 Å². The minimum absolute atomic E-state index is 0.0321. The molecular formula is C23H18N4O3S. The van der Waals surface area contributed by atoms with Gasteiger partial charge in [-0.25, -0.2) is 0 Å². The molecule has 2 aliphatic rings. The van der Waals surface area contributed by atoms with E-state index in [0.717, 1.165) is 33.1 Å². The molecular weight excluding hydrogens is 412 g/mol. The summed E-state index contributed by atoms with van der Waals surface area (Å²) in [6.07, 6.45) is 1.42. The molecule has 7 nitrogen and oxygen atoms in total. The highest BCUT2D eigenvalue weighted by molar-refractivity contribution is 7.13. The van der Waals surface area contributed by atoms with E-state index in [1.165, 1.54) is 0 Å². The normalized spacial score (nSPS) is 16.8. The third kappa shape index (κ3) is 3.03. The second-order valence-electron chi connectivity index (χ2n) is 7.39. The lowest BCUT2D eigenvalue weighted by atomic mass is 10.0. The molecule has 2 aromatic heterocycles. The Balaban J connectivity index is 1.42. The molecule has 6 rings (SSSR count). The zero-order valence-corrected chi connectivity index (χ0v) is 17.2. The quantitative estimate of drug-likeness (QED) is 0.493. The molecule has 0 radical (unpaired) electrons. The highest BCUT2D eigenvalue weighted by Crippen LogP contribution is 2.39. The summed E-state index contributed by atoms with van der Waals surface area (Å²) in [6, 6.07) is 17.4. The number of fused-ring (bicyclic) bond motifs is 2. The van der Waals surface area contributed by atoms with Crippen LogP contribution in [0.5, 0.6) is 11.5 Å². The van der Waals surface area contributed by atoms with E-state index in [0.29, 0.717) is 17.9 Å². The predicted octanol–water partition coefficient (Wildman–Crippen LogP) is 4.63. The van der Waals surface area contributed by atoms with Crippen LogP contribution in [0.1, 0.15) is 27.7 Å². The van der Waals surface area contributed by atoms with E-state index >= 15 is 0 Å². The summed E-state index contributed by atoms with van der Waals surface area (Å²) in [6.45, 7) is 0.634. The Bertz CT molecular complexity index is 1270. The van der Waals surface area contributed by atoms with Crippen molar-refractivity contribution in [1.82, 2.24) is 15.1 Å². The first kappa shape index (κ1) is 18.0. The molecule has 4 aromatic rings. The van der Waals surface area contributed by atoms with Crippen molar-refractivity contribution in [2.24, 2.45) is 0 Å². The lowest BCUT2D eigenvalue weighted by Crippen LogP contribution is -2.42. The van der Waals surface area contributed by atoms with Crippen molar-refractivity contribution in [3.8, 4) is 22.1 Å². The fourth-order valence-corrected chi connectivity index (χ4v) is 4.80. The van der Waals surface area contributed by atoms with Crippen LogP contribution in [0.3, 0.4) is 0 Å². The summed E-state index contributed by atoms with van der Waals surface area (Å²) in [5, 5.41) is 13.0. The number of rotatable bonds is 4. The number of amides is 1. The molecule has 0 bridgehead atoms. The van der Waals surface area contributed by atoms with E-state index in [9.17, 15) is 4.79 Å². The van der Waals surface area contributed by atoms with Gasteiger partial charge in [-0.3, -0.25) is 9.89 Å². The first-order valence-corrected chi connectivity index (χ1v) is 10.8. The van der Waals surface area contributed by atoms with E-state index in [1.807, 2.05) is 64.9 Å². The molecule has 2 aromatic carbocycles. The van der Waals surface area contributed by atoms with Crippen LogP contribution >= 0.6 is 11.3 Å². The Hall–Kier alpha value is -3.78. The number of carbonyl (C=O) groups is 1. The fourth-order valence-electron chi connectivity index (χ4n) is 4.06. The number of nitrogens with one attached hydrogen (secondary N) is 2. The van der Waals surface area contributed by atoms with Crippen molar-refractivity contribution in [3.05, 3.63) is 82.9 Å². The molecule has 0 saturated heterocycles. The van der Waals surface area contributed by atoms with Gasteiger partial charge in [0.25, 0.3) is 5.91 Å². The number of benzene rings is 2. The number of hydrogen-bond acceptors (Lipinski definition) is 6. The van der Waals surface area contributed by atoms with Gasteiger partial charge < -0.3 is 19.7 Å². The fraction of sp³-hybridized carbons (Fsp3) is 0.130. The molecule has 2 N–H and O–H groups in total. The number of H-pyrrole nitrogens is 1. The van der Waals surface area contributed by atoms with Gasteiger partial charge in [0.2, 0.25) is 6.79 Å². The van der Waals surface area contributed by atoms with Crippen molar-refractivity contribution >= 4 is 22.9 Å². The van der Waals surface area contributed by atoms with Gasteiger partial charge in [0.1, 0.15) is 6.17 Å². The topological polar surface area (TPSA) is 79.5 Å². The van der Waals surface area contributed by atoms with E-state index < -0.39 is 0 Å². The highest BCUT2D eigenvalue weighted by atomic mass is 32.1. The Labute approximate surface area is 182 Å². The molecule has 1 unspecified atom stereocenters. The van der Waals surface area contributed by atoms with Crippen molar-refractivity contribution in [2.75, 3.05) is 12.1 Å². The van der Waals surface area contributed by atoms with E-state index in [1.54, 1.807) is 17.5 Å². The average molecular weight is 430 g/mol. The van der Waals surface area contributed by atoms with Gasteiger partial charge in [0, 0.05) is 17.8 Å². The van der Waals surface area contributed by atoms with Crippen LogP contribution in [0.4, 0.5) is 5.69 Å². The number of nitrogens with zero attached hydrogens (tertiary/aromatic N) is 2. The third-order valence-electron chi connectivity index (χ3n) is 5.54. The third-order valence-corrected chi connectivity index (χ3v) is 6.43. The molecule has 0 saturated carbocycles.